The van der Waals surface area contributed by atoms with E-state index in [-0.39, 0.29) is 19.1 Å². The molecule has 0 aliphatic carbocycles. The third-order valence-electron chi connectivity index (χ3n) is 2.24. The third-order valence-corrected chi connectivity index (χ3v) is 2.24. The van der Waals surface area contributed by atoms with Crippen molar-refractivity contribution in [1.29, 1.82) is 0 Å². The Balaban J connectivity index is 2.47. The van der Waals surface area contributed by atoms with E-state index in [0.29, 0.717) is 6.54 Å². The summed E-state index contributed by atoms with van der Waals surface area (Å²) in [5.41, 5.74) is 5.49. The topological polar surface area (TPSA) is 72.5 Å². The summed E-state index contributed by atoms with van der Waals surface area (Å²) < 4.78 is 43.1. The van der Waals surface area contributed by atoms with Crippen molar-refractivity contribution < 1.29 is 17.9 Å². The number of aromatic nitrogens is 1. The Labute approximate surface area is 120 Å². The van der Waals surface area contributed by atoms with Gasteiger partial charge in [0.05, 0.1) is 13.1 Å². The van der Waals surface area contributed by atoms with Gasteiger partial charge in [-0.25, -0.2) is 9.98 Å². The van der Waals surface area contributed by atoms with Gasteiger partial charge in [0.1, 0.15) is 12.2 Å². The summed E-state index contributed by atoms with van der Waals surface area (Å²) in [4.78, 5) is 7.54. The summed E-state index contributed by atoms with van der Waals surface area (Å²) in [6.07, 6.45) is -3.26. The molecule has 0 radical (unpaired) electrons. The maximum atomic E-state index is 12.7. The van der Waals surface area contributed by atoms with Crippen LogP contribution in [0.1, 0.15) is 12.5 Å². The molecular weight excluding hydrogens is 285 g/mol. The van der Waals surface area contributed by atoms with Gasteiger partial charge in [-0.2, -0.15) is 13.2 Å². The number of hydrogen-bond donors (Lipinski definition) is 2. The smallest absolute Gasteiger partial charge is 0.421 e. The van der Waals surface area contributed by atoms with Crippen LogP contribution in [0.2, 0.25) is 0 Å². The van der Waals surface area contributed by atoms with Crippen LogP contribution in [-0.2, 0) is 6.18 Å². The molecule has 5 nitrogen and oxygen atoms in total. The van der Waals surface area contributed by atoms with Crippen molar-refractivity contribution in [3.05, 3.63) is 36.0 Å². The maximum absolute atomic E-state index is 12.7. The first-order valence-corrected chi connectivity index (χ1v) is 6.14. The molecule has 3 N–H and O–H groups in total. The molecule has 1 rings (SSSR count). The van der Waals surface area contributed by atoms with Crippen LogP contribution < -0.4 is 15.8 Å². The molecule has 1 aromatic rings. The number of alkyl halides is 3. The number of ether oxygens (including phenoxy) is 1. The highest BCUT2D eigenvalue weighted by Gasteiger charge is 2.34. The molecule has 1 heterocycles. The number of halogens is 3. The SMILES string of the molecule is C=C(C)CN=C(N)NCCOc1ncccc1C(F)(F)F. The predicted octanol–water partition coefficient (Wildman–Crippen LogP) is 1.96. The number of aliphatic imine (C=N–C) groups is 1. The molecule has 0 saturated carbocycles. The Hall–Kier alpha value is -2.25. The molecule has 0 atom stereocenters. The maximum Gasteiger partial charge on any atom is 0.421 e. The zero-order chi connectivity index (χ0) is 15.9. The normalized spacial score (nSPS) is 12.1. The fourth-order valence-electron chi connectivity index (χ4n) is 1.32. The monoisotopic (exact) mass is 302 g/mol. The van der Waals surface area contributed by atoms with Gasteiger partial charge in [0, 0.05) is 6.20 Å². The van der Waals surface area contributed by atoms with E-state index in [2.05, 4.69) is 21.9 Å². The van der Waals surface area contributed by atoms with E-state index >= 15 is 0 Å². The zero-order valence-electron chi connectivity index (χ0n) is 11.6. The molecule has 1 aromatic heterocycles. The quantitative estimate of drug-likeness (QED) is 0.365. The molecular formula is C13H17F3N4O. The van der Waals surface area contributed by atoms with Gasteiger partial charge >= 0.3 is 6.18 Å². The molecule has 0 fully saturated rings. The van der Waals surface area contributed by atoms with Crippen molar-refractivity contribution in [2.24, 2.45) is 10.7 Å². The number of nitrogens with two attached hydrogens (primary N) is 1. The van der Waals surface area contributed by atoms with Gasteiger partial charge in [-0.05, 0) is 19.1 Å². The summed E-state index contributed by atoms with van der Waals surface area (Å²) in [7, 11) is 0. The van der Waals surface area contributed by atoms with E-state index < -0.39 is 17.6 Å². The highest BCUT2D eigenvalue weighted by molar-refractivity contribution is 5.77. The van der Waals surface area contributed by atoms with Crippen LogP contribution >= 0.6 is 0 Å². The number of nitrogens with one attached hydrogen (secondary N) is 1. The van der Waals surface area contributed by atoms with Gasteiger partial charge in [-0.3, -0.25) is 0 Å². The summed E-state index contributed by atoms with van der Waals surface area (Å²) in [6, 6.07) is 2.12. The Morgan fingerprint density at radius 3 is 2.86 bits per heavy atom. The second-order valence-electron chi connectivity index (χ2n) is 4.29. The van der Waals surface area contributed by atoms with Crippen LogP contribution in [0.15, 0.2) is 35.5 Å². The first-order valence-electron chi connectivity index (χ1n) is 6.14. The Kier molecular flexibility index (Phi) is 6.01. The van der Waals surface area contributed by atoms with Crippen LogP contribution in [0, 0.1) is 0 Å². The summed E-state index contributed by atoms with van der Waals surface area (Å²) >= 11 is 0. The van der Waals surface area contributed by atoms with Gasteiger partial charge in [0.25, 0.3) is 0 Å². The van der Waals surface area contributed by atoms with E-state index in [1.807, 2.05) is 0 Å². The van der Waals surface area contributed by atoms with Crippen molar-refractivity contribution in [1.82, 2.24) is 10.3 Å². The zero-order valence-corrected chi connectivity index (χ0v) is 11.6. The van der Waals surface area contributed by atoms with Crippen LogP contribution in [0.5, 0.6) is 5.88 Å². The fraction of sp³-hybridized carbons (Fsp3) is 0.385. The van der Waals surface area contributed by atoms with Gasteiger partial charge < -0.3 is 15.8 Å². The fourth-order valence-corrected chi connectivity index (χ4v) is 1.32. The van der Waals surface area contributed by atoms with Gasteiger partial charge in [-0.1, -0.05) is 12.2 Å². The van der Waals surface area contributed by atoms with Crippen molar-refractivity contribution in [3.8, 4) is 5.88 Å². The molecule has 0 aliphatic rings. The first kappa shape index (κ1) is 16.8. The number of rotatable bonds is 6. The Morgan fingerprint density at radius 2 is 2.24 bits per heavy atom. The molecule has 0 aliphatic heterocycles. The van der Waals surface area contributed by atoms with Crippen LogP contribution in [0.3, 0.4) is 0 Å². The van der Waals surface area contributed by atoms with E-state index in [1.54, 1.807) is 6.92 Å². The van der Waals surface area contributed by atoms with Crippen molar-refractivity contribution >= 4 is 5.96 Å². The molecule has 0 aromatic carbocycles. The standard InChI is InChI=1S/C13H17F3N4O/c1-9(2)8-20-12(17)19-6-7-21-11-10(13(14,15)16)4-3-5-18-11/h3-5H,1,6-8H2,2H3,(H3,17,19,20). The van der Waals surface area contributed by atoms with Crippen LogP contribution in [-0.4, -0.2) is 30.6 Å². The lowest BCUT2D eigenvalue weighted by atomic mass is 10.2. The molecule has 8 heteroatoms. The molecule has 0 unspecified atom stereocenters. The highest BCUT2D eigenvalue weighted by atomic mass is 19.4. The number of hydrogen-bond acceptors (Lipinski definition) is 3. The highest BCUT2D eigenvalue weighted by Crippen LogP contribution is 2.34. The Morgan fingerprint density at radius 1 is 1.52 bits per heavy atom. The number of guanidine groups is 1. The minimum Gasteiger partial charge on any atom is -0.475 e. The van der Waals surface area contributed by atoms with E-state index in [1.165, 1.54) is 12.3 Å². The summed E-state index contributed by atoms with van der Waals surface area (Å²) in [5.74, 6) is -0.275. The van der Waals surface area contributed by atoms with Crippen molar-refractivity contribution in [2.75, 3.05) is 19.7 Å². The molecule has 116 valence electrons. The van der Waals surface area contributed by atoms with Crippen LogP contribution in [0.4, 0.5) is 13.2 Å². The molecule has 0 amide bonds. The van der Waals surface area contributed by atoms with Gasteiger partial charge in [0.2, 0.25) is 5.88 Å². The Bertz CT molecular complexity index is 514. The second-order valence-corrected chi connectivity index (χ2v) is 4.29. The first-order chi connectivity index (χ1) is 9.80. The average Bonchev–Trinajstić information content (AvgIpc) is 2.40. The lowest BCUT2D eigenvalue weighted by Crippen LogP contribution is -2.35. The van der Waals surface area contributed by atoms with Gasteiger partial charge in [-0.15, -0.1) is 0 Å². The van der Waals surface area contributed by atoms with Crippen molar-refractivity contribution in [3.63, 3.8) is 0 Å². The largest absolute Gasteiger partial charge is 0.475 e. The van der Waals surface area contributed by atoms with Crippen LogP contribution in [0.25, 0.3) is 0 Å². The minimum absolute atomic E-state index is 0.0244. The van der Waals surface area contributed by atoms with Crippen molar-refractivity contribution in [2.45, 2.75) is 13.1 Å². The number of pyridine rings is 1. The average molecular weight is 302 g/mol. The molecule has 0 spiro atoms. The summed E-state index contributed by atoms with van der Waals surface area (Å²) in [5, 5.41) is 2.72. The van der Waals surface area contributed by atoms with E-state index in [4.69, 9.17) is 10.5 Å². The number of nitrogens with zero attached hydrogens (tertiary/aromatic N) is 2. The minimum atomic E-state index is -4.50. The molecule has 0 bridgehead atoms. The molecule has 21 heavy (non-hydrogen) atoms. The summed E-state index contributed by atoms with van der Waals surface area (Å²) in [6.45, 7) is 6.04. The third kappa shape index (κ3) is 6.15. The lowest BCUT2D eigenvalue weighted by molar-refractivity contribution is -0.139. The predicted molar refractivity (Wildman–Crippen MR) is 74.0 cm³/mol. The van der Waals surface area contributed by atoms with Gasteiger partial charge in [0.15, 0.2) is 5.96 Å². The second kappa shape index (κ2) is 7.51. The lowest BCUT2D eigenvalue weighted by Gasteiger charge is -2.12. The van der Waals surface area contributed by atoms with E-state index in [9.17, 15) is 13.2 Å². The van der Waals surface area contributed by atoms with E-state index in [0.717, 1.165) is 11.6 Å². The molecule has 0 saturated heterocycles.